The fraction of sp³-hybridized carbons (Fsp3) is 0.895. The summed E-state index contributed by atoms with van der Waals surface area (Å²) < 4.78 is 22.7. The van der Waals surface area contributed by atoms with E-state index in [9.17, 15) is 28.8 Å². The molecule has 0 spiro atoms. The summed E-state index contributed by atoms with van der Waals surface area (Å²) in [5, 5.41) is 0. The van der Waals surface area contributed by atoms with Gasteiger partial charge in [0.15, 0.2) is 0 Å². The summed E-state index contributed by atoms with van der Waals surface area (Å²) in [7, 11) is 2.42. The molecule has 0 aliphatic heterocycles. The summed E-state index contributed by atoms with van der Waals surface area (Å²) in [6.07, 6.45) is 32.4. The van der Waals surface area contributed by atoms with E-state index in [4.69, 9.17) is 18.9 Å². The summed E-state index contributed by atoms with van der Waals surface area (Å²) in [4.78, 5) is 97.1. The lowest BCUT2D eigenvalue weighted by Gasteiger charge is -2.29. The van der Waals surface area contributed by atoms with E-state index in [2.05, 4.69) is 47.2 Å². The SMILES string of the molecule is CCCCCCCCC(CCCCCC)C(=O)OCCCCCCOC(=O)CCC(C(=O)OCCCCCCOC(=O)C(CCCCCC)CCCCCCCC)N(CCC(=O)OOC)CCC(=O)OOC. The Morgan fingerprint density at radius 2 is 0.639 bits per heavy atom. The highest BCUT2D eigenvalue weighted by atomic mass is 17.2. The molecule has 0 aromatic rings. The van der Waals surface area contributed by atoms with Gasteiger partial charge in [0.25, 0.3) is 0 Å². The van der Waals surface area contributed by atoms with Gasteiger partial charge in [0.05, 0.1) is 65.3 Å². The normalized spacial score (nSPS) is 12.5. The number of rotatable bonds is 53. The lowest BCUT2D eigenvalue weighted by Crippen LogP contribution is -2.45. The smallest absolute Gasteiger partial charge is 0.343 e. The van der Waals surface area contributed by atoms with Crippen LogP contribution >= 0.6 is 0 Å². The Labute approximate surface area is 437 Å². The Hall–Kier alpha value is -3.30. The van der Waals surface area contributed by atoms with E-state index in [-0.39, 0.29) is 75.8 Å². The number of esters is 4. The van der Waals surface area contributed by atoms with Crippen LogP contribution in [0.5, 0.6) is 0 Å². The molecule has 0 rings (SSSR count). The summed E-state index contributed by atoms with van der Waals surface area (Å²) in [6, 6.07) is -0.988. The zero-order valence-electron chi connectivity index (χ0n) is 46.6. The predicted octanol–water partition coefficient (Wildman–Crippen LogP) is 13.4. The molecule has 0 aromatic heterocycles. The first-order chi connectivity index (χ1) is 35.1. The number of carbonyl (C=O) groups is 6. The minimum atomic E-state index is -0.988. The molecule has 0 fully saturated rings. The third-order valence-electron chi connectivity index (χ3n) is 13.3. The van der Waals surface area contributed by atoms with Crippen LogP contribution in [0.3, 0.4) is 0 Å². The van der Waals surface area contributed by atoms with E-state index < -0.39 is 29.9 Å². The summed E-state index contributed by atoms with van der Waals surface area (Å²) >= 11 is 0. The van der Waals surface area contributed by atoms with E-state index >= 15 is 0 Å². The molecule has 3 unspecified atom stereocenters. The molecule has 0 heterocycles. The van der Waals surface area contributed by atoms with Crippen LogP contribution in [0, 0.1) is 11.8 Å². The Balaban J connectivity index is 5.15. The lowest BCUT2D eigenvalue weighted by atomic mass is 9.94. The molecule has 0 radical (unpaired) electrons. The number of carbonyl (C=O) groups excluding carboxylic acids is 6. The van der Waals surface area contributed by atoms with Crippen LogP contribution in [-0.4, -0.2) is 100 Å². The maximum atomic E-state index is 13.7. The number of unbranched alkanes of at least 4 members (excludes halogenated alkanes) is 22. The maximum absolute atomic E-state index is 13.7. The minimum Gasteiger partial charge on any atom is -0.466 e. The molecule has 3 atom stereocenters. The molecule has 0 aliphatic carbocycles. The summed E-state index contributed by atoms with van der Waals surface area (Å²) in [5.74, 6) is -2.66. The highest BCUT2D eigenvalue weighted by Crippen LogP contribution is 2.23. The van der Waals surface area contributed by atoms with Crippen molar-refractivity contribution >= 4 is 35.8 Å². The molecule has 0 N–H and O–H groups in total. The molecule has 0 amide bonds. The van der Waals surface area contributed by atoms with Crippen molar-refractivity contribution < 1.29 is 67.3 Å². The third kappa shape index (κ3) is 41.1. The fourth-order valence-corrected chi connectivity index (χ4v) is 8.83. The Morgan fingerprint density at radius 1 is 0.333 bits per heavy atom. The molecular weight excluding hydrogens is 923 g/mol. The van der Waals surface area contributed by atoms with E-state index in [1.807, 2.05) is 0 Å². The highest BCUT2D eigenvalue weighted by molar-refractivity contribution is 5.78. The van der Waals surface area contributed by atoms with Crippen molar-refractivity contribution in [2.75, 3.05) is 53.7 Å². The first kappa shape index (κ1) is 68.7. The van der Waals surface area contributed by atoms with Gasteiger partial charge >= 0.3 is 35.8 Å². The molecule has 0 aliphatic rings. The zero-order valence-corrected chi connectivity index (χ0v) is 46.6. The van der Waals surface area contributed by atoms with Gasteiger partial charge in [-0.15, -0.1) is 0 Å². The van der Waals surface area contributed by atoms with E-state index in [1.165, 1.54) is 91.3 Å². The standard InChI is InChI=1S/C57H105NO14/c1-7-11-15-19-21-29-37-49(35-27-17-13-9-3)55(62)68-46-32-24-23-31-45-67-52(59)40-39-51(58(43-41-53(60)71-65-5)44-42-54(61)72-66-6)57(64)70-48-34-26-25-33-47-69-56(63)50(36-28-18-14-10-4)38-30-22-20-16-12-8-2/h49-51H,7-48H2,1-6H3. The van der Waals surface area contributed by atoms with Crippen molar-refractivity contribution in [3.63, 3.8) is 0 Å². The fourth-order valence-electron chi connectivity index (χ4n) is 8.83. The number of nitrogens with zero attached hydrogens (tertiary/aromatic N) is 1. The lowest BCUT2D eigenvalue weighted by molar-refractivity contribution is -0.255. The van der Waals surface area contributed by atoms with Crippen molar-refractivity contribution in [3.05, 3.63) is 0 Å². The second-order valence-electron chi connectivity index (χ2n) is 19.6. The van der Waals surface area contributed by atoms with Gasteiger partial charge in [0, 0.05) is 19.5 Å². The number of hydrogen-bond donors (Lipinski definition) is 0. The predicted molar refractivity (Wildman–Crippen MR) is 281 cm³/mol. The Morgan fingerprint density at radius 3 is 1.00 bits per heavy atom. The van der Waals surface area contributed by atoms with Crippen molar-refractivity contribution in [1.82, 2.24) is 4.90 Å². The molecule has 0 saturated carbocycles. The molecular formula is C57H105NO14. The second-order valence-corrected chi connectivity index (χ2v) is 19.6. The quantitative estimate of drug-likeness (QED) is 0.0184. The topological polar surface area (TPSA) is 179 Å². The average molecular weight is 1030 g/mol. The molecule has 0 saturated heterocycles. The third-order valence-corrected chi connectivity index (χ3v) is 13.3. The van der Waals surface area contributed by atoms with Crippen LogP contribution in [0.4, 0.5) is 0 Å². The molecule has 15 nitrogen and oxygen atoms in total. The zero-order chi connectivity index (χ0) is 53.1. The van der Waals surface area contributed by atoms with Crippen molar-refractivity contribution in [1.29, 1.82) is 0 Å². The van der Waals surface area contributed by atoms with Crippen molar-refractivity contribution in [3.8, 4) is 0 Å². The largest absolute Gasteiger partial charge is 0.466 e. The molecule has 72 heavy (non-hydrogen) atoms. The van der Waals surface area contributed by atoms with Crippen molar-refractivity contribution in [2.24, 2.45) is 11.8 Å². The monoisotopic (exact) mass is 1030 g/mol. The van der Waals surface area contributed by atoms with Gasteiger partial charge in [0.1, 0.15) is 6.04 Å². The van der Waals surface area contributed by atoms with Crippen LogP contribution in [0.15, 0.2) is 0 Å². The first-order valence-corrected chi connectivity index (χ1v) is 28.9. The molecule has 0 bridgehead atoms. The van der Waals surface area contributed by atoms with Crippen LogP contribution in [0.25, 0.3) is 0 Å². The summed E-state index contributed by atoms with van der Waals surface area (Å²) in [5.41, 5.74) is 0. The number of ether oxygens (including phenoxy) is 4. The summed E-state index contributed by atoms with van der Waals surface area (Å²) in [6.45, 7) is 9.90. The Bertz CT molecular complexity index is 1310. The van der Waals surface area contributed by atoms with Crippen molar-refractivity contribution in [2.45, 2.75) is 265 Å². The highest BCUT2D eigenvalue weighted by Gasteiger charge is 2.30. The van der Waals surface area contributed by atoms with E-state index in [0.717, 1.165) is 109 Å². The molecule has 0 aromatic carbocycles. The van der Waals surface area contributed by atoms with Gasteiger partial charge in [-0.05, 0) is 83.5 Å². The van der Waals surface area contributed by atoms with E-state index in [1.54, 1.807) is 4.90 Å². The van der Waals surface area contributed by atoms with Crippen LogP contribution in [0.2, 0.25) is 0 Å². The maximum Gasteiger partial charge on any atom is 0.343 e. The van der Waals surface area contributed by atoms with Gasteiger partial charge in [-0.25, -0.2) is 9.59 Å². The number of hydrogen-bond acceptors (Lipinski definition) is 15. The average Bonchev–Trinajstić information content (AvgIpc) is 3.36. The van der Waals surface area contributed by atoms with Gasteiger partial charge in [0.2, 0.25) is 0 Å². The van der Waals surface area contributed by atoms with E-state index in [0.29, 0.717) is 32.5 Å². The van der Waals surface area contributed by atoms with Crippen LogP contribution in [0.1, 0.15) is 259 Å². The van der Waals surface area contributed by atoms with Gasteiger partial charge < -0.3 is 18.9 Å². The van der Waals surface area contributed by atoms with Gasteiger partial charge in [-0.2, -0.15) is 9.78 Å². The Kier molecular flexibility index (Phi) is 48.9. The van der Waals surface area contributed by atoms with Gasteiger partial charge in [-0.1, -0.05) is 156 Å². The minimum absolute atomic E-state index is 0.00258. The van der Waals surface area contributed by atoms with Gasteiger partial charge in [-0.3, -0.25) is 33.9 Å². The first-order valence-electron chi connectivity index (χ1n) is 28.9. The molecule has 422 valence electrons. The van der Waals surface area contributed by atoms with Crippen LogP contribution < -0.4 is 0 Å². The second kappa shape index (κ2) is 51.2. The molecule has 15 heteroatoms. The van der Waals surface area contributed by atoms with Crippen LogP contribution in [-0.2, 0) is 67.3 Å².